The third-order valence-corrected chi connectivity index (χ3v) is 4.39. The Bertz CT molecular complexity index is 660. The number of benzene rings is 1. The van der Waals surface area contributed by atoms with Crippen LogP contribution in [-0.2, 0) is 11.2 Å². The fraction of sp³-hybridized carbons (Fsp3) is 0.500. The van der Waals surface area contributed by atoms with Gasteiger partial charge in [0.25, 0.3) is 0 Å². The minimum absolute atomic E-state index is 0.0764. The summed E-state index contributed by atoms with van der Waals surface area (Å²) in [5.41, 5.74) is 2.07. The molecule has 0 atom stereocenters. The number of rotatable bonds is 5. The van der Waals surface area contributed by atoms with Crippen molar-refractivity contribution in [2.75, 3.05) is 0 Å². The number of nitrogens with zero attached hydrogens (tertiary/aromatic N) is 2. The van der Waals surface area contributed by atoms with Gasteiger partial charge >= 0.3 is 0 Å². The van der Waals surface area contributed by atoms with Gasteiger partial charge in [0, 0.05) is 24.4 Å². The molecule has 0 aliphatic heterocycles. The van der Waals surface area contributed by atoms with E-state index in [1.165, 1.54) is 19.3 Å². The van der Waals surface area contributed by atoms with Crippen molar-refractivity contribution in [3.8, 4) is 11.4 Å². The van der Waals surface area contributed by atoms with Crippen LogP contribution in [0.3, 0.4) is 0 Å². The molecule has 1 aromatic heterocycles. The third kappa shape index (κ3) is 4.18. The third-order valence-electron chi connectivity index (χ3n) is 4.39. The van der Waals surface area contributed by atoms with Crippen molar-refractivity contribution < 1.29 is 9.32 Å². The summed E-state index contributed by atoms with van der Waals surface area (Å²) in [6.07, 6.45) is 6.80. The van der Waals surface area contributed by atoms with Crippen molar-refractivity contribution in [3.05, 3.63) is 35.7 Å². The summed E-state index contributed by atoms with van der Waals surface area (Å²) in [4.78, 5) is 16.4. The Morgan fingerprint density at radius 2 is 2.04 bits per heavy atom. The van der Waals surface area contributed by atoms with Crippen LogP contribution in [-0.4, -0.2) is 22.1 Å². The zero-order valence-electron chi connectivity index (χ0n) is 13.5. The topological polar surface area (TPSA) is 68.0 Å². The minimum Gasteiger partial charge on any atom is -0.353 e. The number of nitrogens with one attached hydrogen (secondary N) is 1. The van der Waals surface area contributed by atoms with E-state index in [1.807, 2.05) is 31.2 Å². The standard InChI is InChI=1S/C18H23N3O2/c1-13-7-5-6-10-15(13)18-20-17(23-21-18)12-11-16(22)19-14-8-3-2-4-9-14/h5-7,10,14H,2-4,8-9,11-12H2,1H3,(H,19,22). The highest BCUT2D eigenvalue weighted by Crippen LogP contribution is 2.20. The second-order valence-corrected chi connectivity index (χ2v) is 6.23. The van der Waals surface area contributed by atoms with Crippen LogP contribution in [0.25, 0.3) is 11.4 Å². The van der Waals surface area contributed by atoms with Gasteiger partial charge in [0.1, 0.15) is 0 Å². The Morgan fingerprint density at radius 3 is 2.83 bits per heavy atom. The number of carbonyl (C=O) groups excluding carboxylic acids is 1. The van der Waals surface area contributed by atoms with Crippen molar-refractivity contribution in [1.29, 1.82) is 0 Å². The molecule has 0 radical (unpaired) electrons. The van der Waals surface area contributed by atoms with Crippen molar-refractivity contribution >= 4 is 5.91 Å². The fourth-order valence-corrected chi connectivity index (χ4v) is 3.06. The maximum absolute atomic E-state index is 12.0. The molecule has 1 fully saturated rings. The molecule has 1 N–H and O–H groups in total. The van der Waals surface area contributed by atoms with E-state index in [2.05, 4.69) is 15.5 Å². The number of aromatic nitrogens is 2. The van der Waals surface area contributed by atoms with E-state index in [0.717, 1.165) is 24.0 Å². The number of aryl methyl sites for hydroxylation is 2. The molecule has 122 valence electrons. The largest absolute Gasteiger partial charge is 0.353 e. The highest BCUT2D eigenvalue weighted by Gasteiger charge is 2.17. The van der Waals surface area contributed by atoms with Gasteiger partial charge in [-0.05, 0) is 25.3 Å². The molecule has 1 aliphatic carbocycles. The van der Waals surface area contributed by atoms with Gasteiger partial charge in [-0.1, -0.05) is 48.7 Å². The Hall–Kier alpha value is -2.17. The molecule has 2 aromatic rings. The molecule has 0 unspecified atom stereocenters. The first kappa shape index (κ1) is 15.7. The van der Waals surface area contributed by atoms with Crippen LogP contribution in [0.2, 0.25) is 0 Å². The lowest BCUT2D eigenvalue weighted by Gasteiger charge is -2.22. The van der Waals surface area contributed by atoms with Crippen molar-refractivity contribution in [2.45, 2.75) is 57.9 Å². The molecule has 23 heavy (non-hydrogen) atoms. The van der Waals surface area contributed by atoms with Crippen LogP contribution >= 0.6 is 0 Å². The molecule has 0 bridgehead atoms. The number of carbonyl (C=O) groups is 1. The SMILES string of the molecule is Cc1ccccc1-c1noc(CCC(=O)NC2CCCCC2)n1. The second-order valence-electron chi connectivity index (χ2n) is 6.23. The maximum atomic E-state index is 12.0. The lowest BCUT2D eigenvalue weighted by molar-refractivity contribution is -0.122. The molecule has 5 nitrogen and oxygen atoms in total. The van der Waals surface area contributed by atoms with Crippen LogP contribution in [0.1, 0.15) is 50.0 Å². The molecule has 0 spiro atoms. The van der Waals surface area contributed by atoms with E-state index >= 15 is 0 Å². The van der Waals surface area contributed by atoms with E-state index in [0.29, 0.717) is 30.6 Å². The van der Waals surface area contributed by atoms with Crippen molar-refractivity contribution in [3.63, 3.8) is 0 Å². The molecule has 0 saturated heterocycles. The van der Waals surface area contributed by atoms with E-state index in [9.17, 15) is 4.79 Å². The van der Waals surface area contributed by atoms with Crippen LogP contribution in [0.5, 0.6) is 0 Å². The first-order chi connectivity index (χ1) is 11.2. The van der Waals surface area contributed by atoms with Gasteiger partial charge in [-0.3, -0.25) is 4.79 Å². The van der Waals surface area contributed by atoms with Gasteiger partial charge in [-0.2, -0.15) is 4.98 Å². The maximum Gasteiger partial charge on any atom is 0.227 e. The smallest absolute Gasteiger partial charge is 0.227 e. The van der Waals surface area contributed by atoms with Crippen molar-refractivity contribution in [1.82, 2.24) is 15.5 Å². The molecule has 3 rings (SSSR count). The average molecular weight is 313 g/mol. The van der Waals surface area contributed by atoms with E-state index < -0.39 is 0 Å². The van der Waals surface area contributed by atoms with Gasteiger partial charge in [0.05, 0.1) is 0 Å². The van der Waals surface area contributed by atoms with Gasteiger partial charge in [0.2, 0.25) is 17.6 Å². The lowest BCUT2D eigenvalue weighted by atomic mass is 9.95. The molecule has 1 heterocycles. The first-order valence-corrected chi connectivity index (χ1v) is 8.40. The number of hydrogen-bond acceptors (Lipinski definition) is 4. The molecular formula is C18H23N3O2. The lowest BCUT2D eigenvalue weighted by Crippen LogP contribution is -2.36. The quantitative estimate of drug-likeness (QED) is 0.918. The Kier molecular flexibility index (Phi) is 5.05. The molecular weight excluding hydrogens is 290 g/mol. The summed E-state index contributed by atoms with van der Waals surface area (Å²) in [5, 5.41) is 7.13. The second kappa shape index (κ2) is 7.40. The fourth-order valence-electron chi connectivity index (χ4n) is 3.06. The van der Waals surface area contributed by atoms with Gasteiger partial charge in [-0.15, -0.1) is 0 Å². The first-order valence-electron chi connectivity index (χ1n) is 8.40. The van der Waals surface area contributed by atoms with Gasteiger partial charge in [-0.25, -0.2) is 0 Å². The minimum atomic E-state index is 0.0764. The summed E-state index contributed by atoms with van der Waals surface area (Å²) in [5.74, 6) is 1.18. The van der Waals surface area contributed by atoms with Crippen LogP contribution in [0, 0.1) is 6.92 Å². The number of hydrogen-bond donors (Lipinski definition) is 1. The Morgan fingerprint density at radius 1 is 1.26 bits per heavy atom. The summed E-state index contributed by atoms with van der Waals surface area (Å²) >= 11 is 0. The molecule has 1 aromatic carbocycles. The predicted molar refractivity (Wildman–Crippen MR) is 87.8 cm³/mol. The predicted octanol–water partition coefficient (Wildman–Crippen LogP) is 3.43. The summed E-state index contributed by atoms with van der Waals surface area (Å²) in [6.45, 7) is 2.02. The highest BCUT2D eigenvalue weighted by molar-refractivity contribution is 5.76. The highest BCUT2D eigenvalue weighted by atomic mass is 16.5. The van der Waals surface area contributed by atoms with E-state index in [1.54, 1.807) is 0 Å². The zero-order chi connectivity index (χ0) is 16.1. The summed E-state index contributed by atoms with van der Waals surface area (Å²) in [7, 11) is 0. The van der Waals surface area contributed by atoms with E-state index in [-0.39, 0.29) is 5.91 Å². The monoisotopic (exact) mass is 313 g/mol. The van der Waals surface area contributed by atoms with E-state index in [4.69, 9.17) is 4.52 Å². The van der Waals surface area contributed by atoms with Gasteiger partial charge in [0.15, 0.2) is 0 Å². The average Bonchev–Trinajstić information content (AvgIpc) is 3.03. The molecule has 1 amide bonds. The van der Waals surface area contributed by atoms with Gasteiger partial charge < -0.3 is 9.84 Å². The molecule has 5 heteroatoms. The van der Waals surface area contributed by atoms with Crippen LogP contribution < -0.4 is 5.32 Å². The summed E-state index contributed by atoms with van der Waals surface area (Å²) < 4.78 is 5.27. The van der Waals surface area contributed by atoms with Crippen LogP contribution in [0.4, 0.5) is 0 Å². The normalized spacial score (nSPS) is 15.5. The van der Waals surface area contributed by atoms with Crippen molar-refractivity contribution in [2.24, 2.45) is 0 Å². The van der Waals surface area contributed by atoms with Crippen LogP contribution in [0.15, 0.2) is 28.8 Å². The Labute approximate surface area is 136 Å². The Balaban J connectivity index is 1.53. The number of amides is 1. The molecule has 1 saturated carbocycles. The summed E-state index contributed by atoms with van der Waals surface area (Å²) in [6, 6.07) is 8.27. The molecule has 1 aliphatic rings. The zero-order valence-corrected chi connectivity index (χ0v) is 13.5.